The molecular weight excluding hydrogens is 328 g/mol. The first-order valence-electron chi connectivity index (χ1n) is 8.92. The van der Waals surface area contributed by atoms with Crippen LogP contribution in [0.4, 0.5) is 0 Å². The fraction of sp³-hybridized carbons (Fsp3) is 0.364. The lowest BCUT2D eigenvalue weighted by Gasteiger charge is -2.33. The van der Waals surface area contributed by atoms with Crippen molar-refractivity contribution in [2.45, 2.75) is 38.1 Å². The van der Waals surface area contributed by atoms with Gasteiger partial charge in [-0.2, -0.15) is 0 Å². The van der Waals surface area contributed by atoms with Gasteiger partial charge in [0, 0.05) is 31.6 Å². The molecule has 0 amide bonds. The molecule has 0 spiro atoms. The molecule has 0 saturated carbocycles. The molecule has 2 aromatic rings. The molecule has 0 aliphatic carbocycles. The smallest absolute Gasteiger partial charge is 0.136 e. The summed E-state index contributed by atoms with van der Waals surface area (Å²) >= 11 is 0. The Morgan fingerprint density at radius 1 is 1.15 bits per heavy atom. The molecule has 2 heterocycles. The summed E-state index contributed by atoms with van der Waals surface area (Å²) in [6.07, 6.45) is 1.33. The fourth-order valence-electron chi connectivity index (χ4n) is 3.82. The maximum absolute atomic E-state index is 6.49. The van der Waals surface area contributed by atoms with Crippen molar-refractivity contribution in [3.05, 3.63) is 65.2 Å². The van der Waals surface area contributed by atoms with E-state index < -0.39 is 0 Å². The molecule has 26 heavy (non-hydrogen) atoms. The van der Waals surface area contributed by atoms with Gasteiger partial charge in [-0.15, -0.1) is 0 Å². The van der Waals surface area contributed by atoms with Crippen molar-refractivity contribution in [3.8, 4) is 17.2 Å². The average Bonchev–Trinajstić information content (AvgIpc) is 3.11. The Hall–Kier alpha value is -2.46. The molecule has 0 aromatic heterocycles. The van der Waals surface area contributed by atoms with Crippen molar-refractivity contribution in [1.82, 2.24) is 0 Å². The topological polar surface area (TPSA) is 36.9 Å². The van der Waals surface area contributed by atoms with Crippen molar-refractivity contribution < 1.29 is 18.9 Å². The third kappa shape index (κ3) is 2.74. The van der Waals surface area contributed by atoms with Gasteiger partial charge in [0.25, 0.3) is 0 Å². The molecule has 4 rings (SSSR count). The Bertz CT molecular complexity index is 828. The molecule has 0 fully saturated rings. The van der Waals surface area contributed by atoms with E-state index in [-0.39, 0.29) is 18.3 Å². The van der Waals surface area contributed by atoms with Crippen LogP contribution in [-0.2, 0) is 11.2 Å². The predicted molar refractivity (Wildman–Crippen MR) is 100 cm³/mol. The van der Waals surface area contributed by atoms with E-state index in [4.69, 9.17) is 18.9 Å². The second kappa shape index (κ2) is 6.69. The number of methoxy groups -OCH3 is 2. The first-order chi connectivity index (χ1) is 12.6. The van der Waals surface area contributed by atoms with Gasteiger partial charge < -0.3 is 18.9 Å². The number of hydrogen-bond donors (Lipinski definition) is 0. The molecule has 2 aliphatic heterocycles. The largest absolute Gasteiger partial charge is 0.496 e. The van der Waals surface area contributed by atoms with Crippen molar-refractivity contribution in [1.29, 1.82) is 0 Å². The lowest BCUT2D eigenvalue weighted by Crippen LogP contribution is -2.22. The Balaban J connectivity index is 1.82. The zero-order valence-corrected chi connectivity index (χ0v) is 15.5. The van der Waals surface area contributed by atoms with Crippen molar-refractivity contribution in [2.75, 3.05) is 14.2 Å². The van der Waals surface area contributed by atoms with Gasteiger partial charge in [0.2, 0.25) is 0 Å². The summed E-state index contributed by atoms with van der Waals surface area (Å²) in [5, 5.41) is 0. The number of rotatable bonds is 4. The monoisotopic (exact) mass is 352 g/mol. The van der Waals surface area contributed by atoms with E-state index in [1.807, 2.05) is 31.2 Å². The number of fused-ring (bicyclic) bond motifs is 3. The van der Waals surface area contributed by atoms with E-state index in [2.05, 4.69) is 18.7 Å². The number of benzene rings is 2. The zero-order valence-electron chi connectivity index (χ0n) is 15.5. The summed E-state index contributed by atoms with van der Waals surface area (Å²) in [6.45, 7) is 6.04. The Morgan fingerprint density at radius 2 is 1.92 bits per heavy atom. The van der Waals surface area contributed by atoms with E-state index in [0.717, 1.165) is 52.4 Å². The highest BCUT2D eigenvalue weighted by Crippen LogP contribution is 2.53. The maximum Gasteiger partial charge on any atom is 0.136 e. The van der Waals surface area contributed by atoms with Gasteiger partial charge in [0.05, 0.1) is 18.8 Å². The van der Waals surface area contributed by atoms with Gasteiger partial charge in [0.1, 0.15) is 29.5 Å². The number of hydrogen-bond acceptors (Lipinski definition) is 4. The summed E-state index contributed by atoms with van der Waals surface area (Å²) in [7, 11) is 3.41. The minimum absolute atomic E-state index is 0.0251. The molecule has 3 atom stereocenters. The first kappa shape index (κ1) is 17.0. The Morgan fingerprint density at radius 3 is 2.58 bits per heavy atom. The highest BCUT2D eigenvalue weighted by atomic mass is 16.5. The molecule has 2 aliphatic rings. The minimum Gasteiger partial charge on any atom is -0.496 e. The highest BCUT2D eigenvalue weighted by molar-refractivity contribution is 5.61. The molecule has 0 radical (unpaired) electrons. The lowest BCUT2D eigenvalue weighted by molar-refractivity contribution is 0.0276. The summed E-state index contributed by atoms with van der Waals surface area (Å²) in [5.41, 5.74) is 4.21. The van der Waals surface area contributed by atoms with Crippen molar-refractivity contribution in [2.24, 2.45) is 0 Å². The van der Waals surface area contributed by atoms with Crippen molar-refractivity contribution in [3.63, 3.8) is 0 Å². The third-order valence-electron chi connectivity index (χ3n) is 5.24. The quantitative estimate of drug-likeness (QED) is 0.742. The van der Waals surface area contributed by atoms with Gasteiger partial charge in [0.15, 0.2) is 0 Å². The lowest BCUT2D eigenvalue weighted by atomic mass is 9.91. The van der Waals surface area contributed by atoms with Gasteiger partial charge in [-0.3, -0.25) is 0 Å². The van der Waals surface area contributed by atoms with Crippen LogP contribution in [0, 0.1) is 0 Å². The van der Waals surface area contributed by atoms with E-state index in [0.29, 0.717) is 0 Å². The van der Waals surface area contributed by atoms with Crippen LogP contribution in [0.25, 0.3) is 0 Å². The highest BCUT2D eigenvalue weighted by Gasteiger charge is 2.38. The summed E-state index contributed by atoms with van der Waals surface area (Å²) < 4.78 is 24.1. The molecule has 4 nitrogen and oxygen atoms in total. The van der Waals surface area contributed by atoms with Crippen LogP contribution in [0.3, 0.4) is 0 Å². The summed E-state index contributed by atoms with van der Waals surface area (Å²) in [4.78, 5) is 0. The van der Waals surface area contributed by atoms with E-state index in [9.17, 15) is 0 Å². The second-order valence-electron chi connectivity index (χ2n) is 6.93. The van der Waals surface area contributed by atoms with Crippen LogP contribution < -0.4 is 14.2 Å². The zero-order chi connectivity index (χ0) is 18.3. The molecule has 0 saturated heterocycles. The molecule has 0 bridgehead atoms. The fourth-order valence-corrected chi connectivity index (χ4v) is 3.82. The van der Waals surface area contributed by atoms with E-state index in [1.54, 1.807) is 14.2 Å². The standard InChI is InChI=1S/C22H24O4/c1-13(2)16-10-15-18(25-16)12-20(24-4)21-19(23-3)11-17(26-22(15)21)14-8-6-5-7-9-14/h5-9,12,16-17,19H,1,10-11H2,2-4H3/t16-,17-,19-/m0/s1. The van der Waals surface area contributed by atoms with Crippen LogP contribution in [0.2, 0.25) is 0 Å². The minimum atomic E-state index is -0.0897. The predicted octanol–water partition coefficient (Wildman–Crippen LogP) is 4.79. The van der Waals surface area contributed by atoms with E-state index in [1.165, 1.54) is 0 Å². The normalized spacial score (nSPS) is 23.4. The molecular formula is C22H24O4. The SMILES string of the molecule is C=C(C)[C@@H]1Cc2c(cc(OC)c3c2O[C@H](c2ccccc2)C[C@@H]3OC)O1. The molecule has 136 valence electrons. The van der Waals surface area contributed by atoms with Gasteiger partial charge in [-0.25, -0.2) is 0 Å². The van der Waals surface area contributed by atoms with Crippen LogP contribution in [0.5, 0.6) is 17.2 Å². The Kier molecular flexibility index (Phi) is 4.37. The van der Waals surface area contributed by atoms with Crippen LogP contribution in [0.1, 0.15) is 42.2 Å². The van der Waals surface area contributed by atoms with Crippen molar-refractivity contribution >= 4 is 0 Å². The molecule has 0 N–H and O–H groups in total. The van der Waals surface area contributed by atoms with Crippen LogP contribution >= 0.6 is 0 Å². The second-order valence-corrected chi connectivity index (χ2v) is 6.93. The number of ether oxygens (including phenoxy) is 4. The van der Waals surface area contributed by atoms with Crippen LogP contribution in [0.15, 0.2) is 48.6 Å². The van der Waals surface area contributed by atoms with Gasteiger partial charge in [-0.05, 0) is 18.1 Å². The van der Waals surface area contributed by atoms with Gasteiger partial charge in [-0.1, -0.05) is 36.9 Å². The first-order valence-corrected chi connectivity index (χ1v) is 8.92. The van der Waals surface area contributed by atoms with Gasteiger partial charge >= 0.3 is 0 Å². The average molecular weight is 352 g/mol. The summed E-state index contributed by atoms with van der Waals surface area (Å²) in [6, 6.07) is 12.2. The Labute approximate surface area is 154 Å². The molecule has 2 aromatic carbocycles. The third-order valence-corrected chi connectivity index (χ3v) is 5.24. The molecule has 0 unspecified atom stereocenters. The molecule has 4 heteroatoms. The maximum atomic E-state index is 6.49. The summed E-state index contributed by atoms with van der Waals surface area (Å²) in [5.74, 6) is 2.41. The van der Waals surface area contributed by atoms with E-state index >= 15 is 0 Å². The van der Waals surface area contributed by atoms with Crippen LogP contribution in [-0.4, -0.2) is 20.3 Å².